The molecule has 0 saturated heterocycles. The summed E-state index contributed by atoms with van der Waals surface area (Å²) in [6, 6.07) is 0. The molecule has 0 radical (unpaired) electrons. The van der Waals surface area contributed by atoms with Gasteiger partial charge in [0.2, 0.25) is 5.78 Å². The van der Waals surface area contributed by atoms with E-state index in [4.69, 9.17) is 4.74 Å². The summed E-state index contributed by atoms with van der Waals surface area (Å²) in [6.07, 6.45) is 8.25. The van der Waals surface area contributed by atoms with Crippen LogP contribution in [-0.4, -0.2) is 46.1 Å². The lowest BCUT2D eigenvalue weighted by atomic mass is 9.45. The molecule has 0 amide bonds. The molecule has 170 valence electrons. The largest absolute Gasteiger partial charge is 0.454 e. The maximum absolute atomic E-state index is 13.1. The number of rotatable bonds is 4. The van der Waals surface area contributed by atoms with Gasteiger partial charge in [0.1, 0.15) is 5.60 Å². The highest BCUT2D eigenvalue weighted by Gasteiger charge is 2.68. The molecule has 0 aromatic rings. The molecule has 4 aliphatic carbocycles. The number of allylic oxidation sites excluding steroid dienone is 2. The van der Waals surface area contributed by atoms with E-state index in [9.17, 15) is 24.6 Å². The highest BCUT2D eigenvalue weighted by Crippen LogP contribution is 2.67. The van der Waals surface area contributed by atoms with Gasteiger partial charge in [0.15, 0.2) is 12.4 Å². The molecule has 4 rings (SSSR count). The number of aliphatic hydroxyl groups is 2. The number of fused-ring (bicyclic) bond motifs is 5. The van der Waals surface area contributed by atoms with Crippen molar-refractivity contribution in [2.75, 3.05) is 6.61 Å². The van der Waals surface area contributed by atoms with Gasteiger partial charge in [-0.15, -0.1) is 0 Å². The lowest BCUT2D eigenvalue weighted by Gasteiger charge is -2.60. The van der Waals surface area contributed by atoms with Crippen molar-refractivity contribution in [1.82, 2.24) is 0 Å². The third-order valence-corrected chi connectivity index (χ3v) is 9.16. The standard InChI is InChI=1S/C25H34O6/c1-4-5-21(29)31-14-20(28)25(30)11-9-18-17-7-6-15-12-16(26)8-10-23(15,2)22(17)19(27)13-24(18,25)3/h4-5,12,17-19,22,27,30H,6-11,13-14H2,1-3H3/b5-4+/t17?,18?,19-,22?,23-,24-,25-/m0/s1. The van der Waals surface area contributed by atoms with E-state index in [0.29, 0.717) is 25.7 Å². The Hall–Kier alpha value is -1.79. The molecule has 2 N–H and O–H groups in total. The van der Waals surface area contributed by atoms with Crippen molar-refractivity contribution in [3.63, 3.8) is 0 Å². The molecule has 3 fully saturated rings. The van der Waals surface area contributed by atoms with Crippen molar-refractivity contribution in [2.45, 2.75) is 77.4 Å². The number of ether oxygens (including phenoxy) is 1. The minimum Gasteiger partial charge on any atom is -0.454 e. The van der Waals surface area contributed by atoms with Crippen molar-refractivity contribution >= 4 is 17.5 Å². The third-order valence-electron chi connectivity index (χ3n) is 9.16. The van der Waals surface area contributed by atoms with Gasteiger partial charge in [-0.3, -0.25) is 9.59 Å². The van der Waals surface area contributed by atoms with Crippen molar-refractivity contribution in [2.24, 2.45) is 28.6 Å². The van der Waals surface area contributed by atoms with Crippen LogP contribution in [0.1, 0.15) is 65.7 Å². The van der Waals surface area contributed by atoms with Crippen molar-refractivity contribution in [3.05, 3.63) is 23.8 Å². The number of carbonyl (C=O) groups excluding carboxylic acids is 3. The quantitative estimate of drug-likeness (QED) is 0.525. The van der Waals surface area contributed by atoms with Gasteiger partial charge in [-0.25, -0.2) is 4.79 Å². The normalized spacial score (nSPS) is 44.3. The first kappa shape index (κ1) is 22.4. The zero-order chi connectivity index (χ0) is 22.6. The molecule has 6 heteroatoms. The predicted octanol–water partition coefficient (Wildman–Crippen LogP) is 2.91. The third kappa shape index (κ3) is 3.25. The first-order valence-corrected chi connectivity index (χ1v) is 11.5. The monoisotopic (exact) mass is 430 g/mol. The Labute approximate surface area is 183 Å². The first-order chi connectivity index (χ1) is 14.6. The van der Waals surface area contributed by atoms with Crippen LogP contribution in [0.4, 0.5) is 0 Å². The molecule has 7 atom stereocenters. The fourth-order valence-electron chi connectivity index (χ4n) is 7.59. The molecule has 0 spiro atoms. The van der Waals surface area contributed by atoms with Gasteiger partial charge < -0.3 is 14.9 Å². The SMILES string of the molecule is C/C=C/C(=O)OCC(=O)[C@@]1(O)CCC2C3CCC4=CC(=O)CC[C@]4(C)C3[C@@H](O)C[C@@]21C. The van der Waals surface area contributed by atoms with Crippen molar-refractivity contribution < 1.29 is 29.3 Å². The van der Waals surface area contributed by atoms with Gasteiger partial charge in [0.25, 0.3) is 0 Å². The Kier molecular flexibility index (Phi) is 5.54. The molecule has 0 aromatic carbocycles. The Morgan fingerprint density at radius 1 is 1.23 bits per heavy atom. The second kappa shape index (κ2) is 7.66. The number of ketones is 2. The van der Waals surface area contributed by atoms with Gasteiger partial charge in [-0.05, 0) is 74.7 Å². The number of esters is 1. The molecule has 0 heterocycles. The molecular weight excluding hydrogens is 396 g/mol. The van der Waals surface area contributed by atoms with Crippen molar-refractivity contribution in [3.8, 4) is 0 Å². The van der Waals surface area contributed by atoms with E-state index in [-0.39, 0.29) is 29.0 Å². The zero-order valence-electron chi connectivity index (χ0n) is 18.7. The minimum atomic E-state index is -1.61. The van der Waals surface area contributed by atoms with Crippen LogP contribution >= 0.6 is 0 Å². The van der Waals surface area contributed by atoms with Crippen LogP contribution < -0.4 is 0 Å². The zero-order valence-corrected chi connectivity index (χ0v) is 18.7. The summed E-state index contributed by atoms with van der Waals surface area (Å²) in [4.78, 5) is 36.7. The Bertz CT molecular complexity index is 858. The molecule has 4 aliphatic rings. The lowest BCUT2D eigenvalue weighted by Crippen LogP contribution is -2.62. The van der Waals surface area contributed by atoms with Crippen LogP contribution in [0.5, 0.6) is 0 Å². The van der Waals surface area contributed by atoms with Crippen LogP contribution in [0.25, 0.3) is 0 Å². The second-order valence-electron chi connectivity index (χ2n) is 10.5. The molecule has 3 saturated carbocycles. The molecule has 0 aliphatic heterocycles. The predicted molar refractivity (Wildman–Crippen MR) is 114 cm³/mol. The van der Waals surface area contributed by atoms with Crippen LogP contribution in [0.15, 0.2) is 23.8 Å². The van der Waals surface area contributed by atoms with E-state index in [2.05, 4.69) is 6.92 Å². The Balaban J connectivity index is 1.60. The van der Waals surface area contributed by atoms with Crippen LogP contribution in [0, 0.1) is 28.6 Å². The average Bonchev–Trinajstić information content (AvgIpc) is 2.98. The van der Waals surface area contributed by atoms with Crippen LogP contribution in [-0.2, 0) is 19.1 Å². The summed E-state index contributed by atoms with van der Waals surface area (Å²) >= 11 is 0. The Morgan fingerprint density at radius 2 is 1.97 bits per heavy atom. The van der Waals surface area contributed by atoms with E-state index in [1.165, 1.54) is 12.2 Å². The van der Waals surface area contributed by atoms with Gasteiger partial charge in [-0.1, -0.05) is 25.5 Å². The van der Waals surface area contributed by atoms with Gasteiger partial charge in [0.05, 0.1) is 6.10 Å². The summed E-state index contributed by atoms with van der Waals surface area (Å²) in [6.45, 7) is 5.33. The summed E-state index contributed by atoms with van der Waals surface area (Å²) in [5.74, 6) is -0.576. The van der Waals surface area contributed by atoms with E-state index in [0.717, 1.165) is 24.8 Å². The van der Waals surface area contributed by atoms with Crippen LogP contribution in [0.2, 0.25) is 0 Å². The molecule has 31 heavy (non-hydrogen) atoms. The average molecular weight is 431 g/mol. The number of aliphatic hydroxyl groups excluding tert-OH is 1. The first-order valence-electron chi connectivity index (χ1n) is 11.5. The smallest absolute Gasteiger partial charge is 0.330 e. The molecule has 0 bridgehead atoms. The van der Waals surface area contributed by atoms with E-state index in [1.807, 2.05) is 6.92 Å². The van der Waals surface area contributed by atoms with Crippen LogP contribution in [0.3, 0.4) is 0 Å². The molecule has 3 unspecified atom stereocenters. The Morgan fingerprint density at radius 3 is 2.68 bits per heavy atom. The van der Waals surface area contributed by atoms with Gasteiger partial charge in [-0.2, -0.15) is 0 Å². The summed E-state index contributed by atoms with van der Waals surface area (Å²) in [7, 11) is 0. The molecular formula is C25H34O6. The highest BCUT2D eigenvalue weighted by atomic mass is 16.5. The summed E-state index contributed by atoms with van der Waals surface area (Å²) < 4.78 is 5.04. The lowest BCUT2D eigenvalue weighted by molar-refractivity contribution is -0.184. The van der Waals surface area contributed by atoms with E-state index in [1.54, 1.807) is 13.0 Å². The fraction of sp³-hybridized carbons (Fsp3) is 0.720. The number of Topliss-reactive ketones (excluding diaryl/α,β-unsaturated/α-hetero) is 1. The number of hydrogen-bond acceptors (Lipinski definition) is 6. The highest BCUT2D eigenvalue weighted by molar-refractivity contribution is 5.92. The summed E-state index contributed by atoms with van der Waals surface area (Å²) in [5.41, 5.74) is -1.42. The minimum absolute atomic E-state index is 0.0312. The fourth-order valence-corrected chi connectivity index (χ4v) is 7.59. The van der Waals surface area contributed by atoms with E-state index >= 15 is 0 Å². The van der Waals surface area contributed by atoms with E-state index < -0.39 is 35.5 Å². The van der Waals surface area contributed by atoms with Gasteiger partial charge >= 0.3 is 5.97 Å². The van der Waals surface area contributed by atoms with Crippen molar-refractivity contribution in [1.29, 1.82) is 0 Å². The second-order valence-corrected chi connectivity index (χ2v) is 10.5. The maximum atomic E-state index is 13.1. The molecule has 0 aromatic heterocycles. The number of hydrogen-bond donors (Lipinski definition) is 2. The summed E-state index contributed by atoms with van der Waals surface area (Å²) in [5, 5.41) is 22.9. The topological polar surface area (TPSA) is 101 Å². The number of carbonyl (C=O) groups is 3. The maximum Gasteiger partial charge on any atom is 0.330 e. The molecule has 6 nitrogen and oxygen atoms in total. The van der Waals surface area contributed by atoms with Gasteiger partial charge in [0, 0.05) is 17.9 Å².